The van der Waals surface area contributed by atoms with Gasteiger partial charge in [-0.05, 0) is 48.6 Å². The zero-order chi connectivity index (χ0) is 22.7. The van der Waals surface area contributed by atoms with E-state index in [0.717, 1.165) is 24.1 Å². The lowest BCUT2D eigenvalue weighted by molar-refractivity contribution is -0.113. The highest BCUT2D eigenvalue weighted by Gasteiger charge is 2.21. The number of aromatic nitrogens is 2. The van der Waals surface area contributed by atoms with Crippen molar-refractivity contribution in [2.75, 3.05) is 17.7 Å². The first-order chi connectivity index (χ1) is 15.4. The lowest BCUT2D eigenvalue weighted by Crippen LogP contribution is -2.29. The predicted octanol–water partition coefficient (Wildman–Crippen LogP) is 5.08. The third kappa shape index (κ3) is 5.17. The zero-order valence-electron chi connectivity index (χ0n) is 18.1. The lowest BCUT2D eigenvalue weighted by atomic mass is 10.0. The average molecular weight is 472 g/mol. The Morgan fingerprint density at radius 3 is 2.88 bits per heavy atom. The van der Waals surface area contributed by atoms with Crippen molar-refractivity contribution in [2.45, 2.75) is 50.4 Å². The van der Waals surface area contributed by atoms with E-state index in [9.17, 15) is 9.59 Å². The van der Waals surface area contributed by atoms with E-state index in [-0.39, 0.29) is 23.3 Å². The molecule has 6 nitrogen and oxygen atoms in total. The number of halogens is 1. The van der Waals surface area contributed by atoms with E-state index in [2.05, 4.69) is 24.1 Å². The molecule has 1 amide bonds. The van der Waals surface area contributed by atoms with E-state index < -0.39 is 0 Å². The quantitative estimate of drug-likeness (QED) is 0.384. The monoisotopic (exact) mass is 471 g/mol. The number of thioether (sulfide) groups is 1. The number of nitrogens with zero attached hydrogens (tertiary/aromatic N) is 2. The van der Waals surface area contributed by atoms with Crippen LogP contribution in [-0.4, -0.2) is 33.9 Å². The molecule has 0 spiro atoms. The minimum absolute atomic E-state index is 0.0228. The van der Waals surface area contributed by atoms with Crippen molar-refractivity contribution in [1.29, 1.82) is 0 Å². The Hall–Kier alpha value is -2.35. The Morgan fingerprint density at radius 1 is 1.31 bits per heavy atom. The molecule has 1 aliphatic heterocycles. The zero-order valence-corrected chi connectivity index (χ0v) is 19.7. The number of anilines is 1. The first kappa shape index (κ1) is 22.8. The van der Waals surface area contributed by atoms with Crippen LogP contribution in [0, 0.1) is 0 Å². The van der Waals surface area contributed by atoms with Crippen LogP contribution in [0.4, 0.5) is 5.69 Å². The van der Waals surface area contributed by atoms with Crippen LogP contribution in [0.3, 0.4) is 0 Å². The number of carbonyl (C=O) groups excluding carboxylic acids is 1. The van der Waals surface area contributed by atoms with Crippen LogP contribution < -0.4 is 10.9 Å². The van der Waals surface area contributed by atoms with Gasteiger partial charge in [0.15, 0.2) is 5.16 Å². The van der Waals surface area contributed by atoms with Gasteiger partial charge < -0.3 is 10.1 Å². The molecule has 2 heterocycles. The molecule has 1 fully saturated rings. The first-order valence-electron chi connectivity index (χ1n) is 10.8. The van der Waals surface area contributed by atoms with Crippen molar-refractivity contribution < 1.29 is 9.53 Å². The van der Waals surface area contributed by atoms with E-state index in [1.807, 2.05) is 24.3 Å². The average Bonchev–Trinajstić information content (AvgIpc) is 3.28. The van der Waals surface area contributed by atoms with Crippen molar-refractivity contribution in [3.63, 3.8) is 0 Å². The molecule has 4 rings (SSSR count). The summed E-state index contributed by atoms with van der Waals surface area (Å²) in [6.07, 6.45) is 1.86. The number of hydrogen-bond donors (Lipinski definition) is 1. The summed E-state index contributed by atoms with van der Waals surface area (Å²) in [6.45, 7) is 5.31. The van der Waals surface area contributed by atoms with Gasteiger partial charge in [0, 0.05) is 17.3 Å². The van der Waals surface area contributed by atoms with Gasteiger partial charge in [0.05, 0.1) is 29.3 Å². The summed E-state index contributed by atoms with van der Waals surface area (Å²) in [7, 11) is 0. The normalized spacial score (nSPS) is 16.1. The highest BCUT2D eigenvalue weighted by Crippen LogP contribution is 2.25. The van der Waals surface area contributed by atoms with Gasteiger partial charge in [-0.1, -0.05) is 55.4 Å². The number of para-hydroxylation sites is 1. The maximum atomic E-state index is 13.2. The molecule has 2 aromatic carbocycles. The molecule has 32 heavy (non-hydrogen) atoms. The van der Waals surface area contributed by atoms with Crippen LogP contribution in [-0.2, 0) is 16.1 Å². The number of rotatable bonds is 7. The SMILES string of the molecule is CC(C)c1ccccc1NC(=O)CSc1nc2cc(Cl)ccc2c(=O)n1CC1CCCO1. The van der Waals surface area contributed by atoms with Crippen LogP contribution >= 0.6 is 23.4 Å². The Morgan fingerprint density at radius 2 is 2.12 bits per heavy atom. The molecule has 8 heteroatoms. The van der Waals surface area contributed by atoms with Crippen LogP contribution in [0.25, 0.3) is 10.9 Å². The topological polar surface area (TPSA) is 73.2 Å². The van der Waals surface area contributed by atoms with Gasteiger partial charge >= 0.3 is 0 Å². The Kier molecular flexibility index (Phi) is 7.18. The number of nitrogens with one attached hydrogen (secondary N) is 1. The molecule has 1 aromatic heterocycles. The molecule has 168 valence electrons. The first-order valence-corrected chi connectivity index (χ1v) is 12.1. The fourth-order valence-corrected chi connectivity index (χ4v) is 4.84. The van der Waals surface area contributed by atoms with Crippen molar-refractivity contribution >= 4 is 45.9 Å². The number of ether oxygens (including phenoxy) is 1. The molecule has 0 saturated carbocycles. The highest BCUT2D eigenvalue weighted by molar-refractivity contribution is 7.99. The standard InChI is InChI=1S/C24H26ClN3O3S/c1-15(2)18-7-3-4-8-20(18)26-22(29)14-32-24-27-21-12-16(25)9-10-19(21)23(30)28(24)13-17-6-5-11-31-17/h3-4,7-10,12,15,17H,5-6,11,13-14H2,1-2H3,(H,26,29). The molecule has 1 saturated heterocycles. The van der Waals surface area contributed by atoms with Crippen LogP contribution in [0.15, 0.2) is 52.4 Å². The van der Waals surface area contributed by atoms with Crippen LogP contribution in [0.1, 0.15) is 38.2 Å². The second kappa shape index (κ2) is 10.1. The van der Waals surface area contributed by atoms with Crippen LogP contribution in [0.5, 0.6) is 0 Å². The second-order valence-corrected chi connectivity index (χ2v) is 9.56. The summed E-state index contributed by atoms with van der Waals surface area (Å²) in [4.78, 5) is 30.6. The molecule has 0 bridgehead atoms. The van der Waals surface area contributed by atoms with Gasteiger partial charge in [-0.3, -0.25) is 14.2 Å². The number of hydrogen-bond acceptors (Lipinski definition) is 5. The van der Waals surface area contributed by atoms with Crippen molar-refractivity contribution in [3.8, 4) is 0 Å². The van der Waals surface area contributed by atoms with E-state index in [0.29, 0.717) is 40.2 Å². The third-order valence-corrected chi connectivity index (χ3v) is 6.69. The molecular weight excluding hydrogens is 446 g/mol. The second-order valence-electron chi connectivity index (χ2n) is 8.19. The van der Waals surface area contributed by atoms with Gasteiger partial charge in [-0.2, -0.15) is 0 Å². The molecule has 0 radical (unpaired) electrons. The summed E-state index contributed by atoms with van der Waals surface area (Å²) in [6, 6.07) is 12.9. The Bertz CT molecular complexity index is 1190. The van der Waals surface area contributed by atoms with E-state index in [1.54, 1.807) is 22.8 Å². The molecule has 1 atom stereocenters. The molecule has 1 N–H and O–H groups in total. The van der Waals surface area contributed by atoms with Crippen molar-refractivity contribution in [2.24, 2.45) is 0 Å². The number of benzene rings is 2. The number of amides is 1. The predicted molar refractivity (Wildman–Crippen MR) is 130 cm³/mol. The molecule has 3 aromatic rings. The lowest BCUT2D eigenvalue weighted by Gasteiger charge is -2.17. The summed E-state index contributed by atoms with van der Waals surface area (Å²) < 4.78 is 7.37. The molecule has 1 aliphatic rings. The van der Waals surface area contributed by atoms with E-state index in [1.165, 1.54) is 11.8 Å². The van der Waals surface area contributed by atoms with Gasteiger partial charge in [0.2, 0.25) is 5.91 Å². The minimum atomic E-state index is -0.146. The van der Waals surface area contributed by atoms with Gasteiger partial charge in [0.25, 0.3) is 5.56 Å². The molecule has 0 aliphatic carbocycles. The molecule has 1 unspecified atom stereocenters. The maximum Gasteiger partial charge on any atom is 0.262 e. The third-order valence-electron chi connectivity index (χ3n) is 5.48. The van der Waals surface area contributed by atoms with Gasteiger partial charge in [0.1, 0.15) is 0 Å². The van der Waals surface area contributed by atoms with E-state index >= 15 is 0 Å². The Labute approximate surface area is 196 Å². The fraction of sp³-hybridized carbons (Fsp3) is 0.375. The van der Waals surface area contributed by atoms with Crippen LogP contribution in [0.2, 0.25) is 5.02 Å². The maximum absolute atomic E-state index is 13.2. The smallest absolute Gasteiger partial charge is 0.262 e. The summed E-state index contributed by atoms with van der Waals surface area (Å²) in [5.41, 5.74) is 2.28. The number of fused-ring (bicyclic) bond motifs is 1. The highest BCUT2D eigenvalue weighted by atomic mass is 35.5. The summed E-state index contributed by atoms with van der Waals surface area (Å²) >= 11 is 7.37. The fourth-order valence-electron chi connectivity index (χ4n) is 3.87. The Balaban J connectivity index is 1.58. The van der Waals surface area contributed by atoms with Crippen molar-refractivity contribution in [1.82, 2.24) is 9.55 Å². The minimum Gasteiger partial charge on any atom is -0.376 e. The van der Waals surface area contributed by atoms with E-state index in [4.69, 9.17) is 16.3 Å². The van der Waals surface area contributed by atoms with Crippen molar-refractivity contribution in [3.05, 3.63) is 63.4 Å². The molecular formula is C24H26ClN3O3S. The van der Waals surface area contributed by atoms with Gasteiger partial charge in [-0.25, -0.2) is 4.98 Å². The number of carbonyl (C=O) groups is 1. The summed E-state index contributed by atoms with van der Waals surface area (Å²) in [5, 5.41) is 4.51. The van der Waals surface area contributed by atoms with Gasteiger partial charge in [-0.15, -0.1) is 0 Å². The summed E-state index contributed by atoms with van der Waals surface area (Å²) in [5.74, 6) is 0.283. The largest absolute Gasteiger partial charge is 0.376 e.